The highest BCUT2D eigenvalue weighted by molar-refractivity contribution is 6.05. The van der Waals surface area contributed by atoms with Crippen molar-refractivity contribution in [3.05, 3.63) is 47.5 Å². The molecule has 2 fully saturated rings. The lowest BCUT2D eigenvalue weighted by Crippen LogP contribution is -2.39. The monoisotopic (exact) mass is 319 g/mol. The molecule has 5 rings (SSSR count). The molecule has 2 aromatic carbocycles. The van der Waals surface area contributed by atoms with Gasteiger partial charge in [-0.05, 0) is 75.9 Å². The van der Waals surface area contributed by atoms with Crippen molar-refractivity contribution in [3.8, 4) is 0 Å². The van der Waals surface area contributed by atoms with E-state index in [0.717, 1.165) is 17.1 Å². The molecule has 0 amide bonds. The first-order valence-corrected chi connectivity index (χ1v) is 9.17. The van der Waals surface area contributed by atoms with Crippen molar-refractivity contribution in [3.63, 3.8) is 0 Å². The minimum atomic E-state index is 0.323. The summed E-state index contributed by atoms with van der Waals surface area (Å²) in [5.74, 6) is 1.38. The van der Waals surface area contributed by atoms with Crippen molar-refractivity contribution in [2.45, 2.75) is 51.6 Å². The molecule has 0 N–H and O–H groups in total. The second-order valence-corrected chi connectivity index (χ2v) is 8.31. The van der Waals surface area contributed by atoms with Gasteiger partial charge in [-0.25, -0.2) is 0 Å². The molecule has 0 saturated carbocycles. The average molecular weight is 319 g/mol. The van der Waals surface area contributed by atoms with Gasteiger partial charge in [-0.1, -0.05) is 18.2 Å². The van der Waals surface area contributed by atoms with Crippen LogP contribution in [0.2, 0.25) is 0 Å². The van der Waals surface area contributed by atoms with E-state index >= 15 is 0 Å². The zero-order valence-corrected chi connectivity index (χ0v) is 15.0. The standard InChI is InChI=1S/C22H25NO/c1-13-11-20-17(15-7-5-6-8-19(15)24-20)12-16(13)21-14(2)23-10-9-18(21)22(23,3)4/h5-8,11-12,14,18,21H,9-10H2,1-4H3. The Hall–Kier alpha value is -1.80. The molecule has 124 valence electrons. The van der Waals surface area contributed by atoms with Gasteiger partial charge in [0.15, 0.2) is 0 Å². The van der Waals surface area contributed by atoms with Crippen LogP contribution in [-0.4, -0.2) is 23.0 Å². The smallest absolute Gasteiger partial charge is 0.135 e. The Morgan fingerprint density at radius 1 is 1.08 bits per heavy atom. The van der Waals surface area contributed by atoms with E-state index in [0.29, 0.717) is 17.5 Å². The summed E-state index contributed by atoms with van der Waals surface area (Å²) in [6, 6.07) is 13.7. The van der Waals surface area contributed by atoms with Gasteiger partial charge >= 0.3 is 0 Å². The molecule has 0 radical (unpaired) electrons. The summed E-state index contributed by atoms with van der Waals surface area (Å²) in [6.45, 7) is 10.8. The third kappa shape index (κ3) is 1.70. The molecule has 0 aliphatic carbocycles. The predicted octanol–water partition coefficient (Wildman–Crippen LogP) is 5.48. The Kier molecular flexibility index (Phi) is 2.81. The van der Waals surface area contributed by atoms with Gasteiger partial charge in [0, 0.05) is 28.3 Å². The number of nitrogens with zero attached hydrogens (tertiary/aromatic N) is 1. The quantitative estimate of drug-likeness (QED) is 0.590. The van der Waals surface area contributed by atoms with E-state index in [1.807, 2.05) is 6.07 Å². The maximum Gasteiger partial charge on any atom is 0.135 e. The van der Waals surface area contributed by atoms with E-state index in [-0.39, 0.29) is 0 Å². The number of hydrogen-bond donors (Lipinski definition) is 0. The lowest BCUT2D eigenvalue weighted by molar-refractivity contribution is 0.169. The molecule has 2 aliphatic heterocycles. The number of piperidine rings is 1. The summed E-state index contributed by atoms with van der Waals surface area (Å²) < 4.78 is 6.07. The summed E-state index contributed by atoms with van der Waals surface area (Å²) in [5, 5.41) is 2.51. The van der Waals surface area contributed by atoms with Gasteiger partial charge in [0.05, 0.1) is 0 Å². The van der Waals surface area contributed by atoms with Crippen LogP contribution >= 0.6 is 0 Å². The molecule has 2 nitrogen and oxygen atoms in total. The van der Waals surface area contributed by atoms with Gasteiger partial charge < -0.3 is 4.42 Å². The predicted molar refractivity (Wildman–Crippen MR) is 99.6 cm³/mol. The SMILES string of the molecule is Cc1cc2oc3ccccc3c2cc1C1C(C)N2CCC1C2(C)C. The first kappa shape index (κ1) is 14.5. The fourth-order valence-electron chi connectivity index (χ4n) is 5.74. The first-order chi connectivity index (χ1) is 11.5. The molecular weight excluding hydrogens is 294 g/mol. The van der Waals surface area contributed by atoms with Crippen LogP contribution in [0.4, 0.5) is 0 Å². The van der Waals surface area contributed by atoms with Crippen LogP contribution in [0.3, 0.4) is 0 Å². The second-order valence-electron chi connectivity index (χ2n) is 8.31. The van der Waals surface area contributed by atoms with E-state index in [1.165, 1.54) is 34.9 Å². The van der Waals surface area contributed by atoms with E-state index < -0.39 is 0 Å². The van der Waals surface area contributed by atoms with E-state index in [1.54, 1.807) is 0 Å². The van der Waals surface area contributed by atoms with Crippen molar-refractivity contribution in [2.24, 2.45) is 5.92 Å². The highest BCUT2D eigenvalue weighted by atomic mass is 16.3. The molecule has 2 bridgehead atoms. The number of para-hydroxylation sites is 1. The van der Waals surface area contributed by atoms with E-state index in [2.05, 4.69) is 62.9 Å². The Bertz CT molecular complexity index is 951. The summed E-state index contributed by atoms with van der Waals surface area (Å²) in [6.07, 6.45) is 1.33. The highest BCUT2D eigenvalue weighted by Gasteiger charge is 2.56. The summed E-state index contributed by atoms with van der Waals surface area (Å²) >= 11 is 0. The molecule has 24 heavy (non-hydrogen) atoms. The number of aryl methyl sites for hydroxylation is 1. The van der Waals surface area contributed by atoms with Gasteiger partial charge in [-0.15, -0.1) is 0 Å². The lowest BCUT2D eigenvalue weighted by atomic mass is 9.75. The first-order valence-electron chi connectivity index (χ1n) is 9.17. The number of furan rings is 1. The number of hydrogen-bond acceptors (Lipinski definition) is 2. The summed E-state index contributed by atoms with van der Waals surface area (Å²) in [4.78, 5) is 2.72. The van der Waals surface area contributed by atoms with Gasteiger partial charge in [0.2, 0.25) is 0 Å². The normalized spacial score (nSPS) is 31.3. The van der Waals surface area contributed by atoms with Crippen molar-refractivity contribution < 1.29 is 4.42 Å². The van der Waals surface area contributed by atoms with Crippen molar-refractivity contribution in [1.82, 2.24) is 4.90 Å². The number of fused-ring (bicyclic) bond motifs is 5. The fourth-order valence-corrected chi connectivity index (χ4v) is 5.74. The third-order valence-electron chi connectivity index (χ3n) is 6.90. The summed E-state index contributed by atoms with van der Waals surface area (Å²) in [5.41, 5.74) is 5.25. The van der Waals surface area contributed by atoms with Crippen molar-refractivity contribution in [1.29, 1.82) is 0 Å². The highest BCUT2D eigenvalue weighted by Crippen LogP contribution is 2.55. The van der Waals surface area contributed by atoms with E-state index in [9.17, 15) is 0 Å². The molecule has 3 heterocycles. The molecule has 3 aromatic rings. The largest absolute Gasteiger partial charge is 0.456 e. The molecule has 4 unspecified atom stereocenters. The molecule has 0 spiro atoms. The molecule has 2 heteroatoms. The maximum absolute atomic E-state index is 6.07. The lowest BCUT2D eigenvalue weighted by Gasteiger charge is -2.31. The molecular formula is C22H25NO. The minimum absolute atomic E-state index is 0.323. The van der Waals surface area contributed by atoms with Crippen LogP contribution in [0, 0.1) is 12.8 Å². The van der Waals surface area contributed by atoms with Crippen LogP contribution in [0.1, 0.15) is 44.2 Å². The fraction of sp³-hybridized carbons (Fsp3) is 0.455. The van der Waals surface area contributed by atoms with Crippen LogP contribution in [0.5, 0.6) is 0 Å². The van der Waals surface area contributed by atoms with E-state index in [4.69, 9.17) is 4.42 Å². The third-order valence-corrected chi connectivity index (χ3v) is 6.90. The zero-order chi connectivity index (χ0) is 16.6. The number of benzene rings is 2. The Morgan fingerprint density at radius 2 is 1.88 bits per heavy atom. The van der Waals surface area contributed by atoms with Crippen LogP contribution in [0.25, 0.3) is 21.9 Å². The van der Waals surface area contributed by atoms with Crippen LogP contribution < -0.4 is 0 Å². The van der Waals surface area contributed by atoms with Gasteiger partial charge in [-0.3, -0.25) is 4.90 Å². The Balaban J connectivity index is 1.72. The van der Waals surface area contributed by atoms with Gasteiger partial charge in [0.1, 0.15) is 11.2 Å². The average Bonchev–Trinajstić information content (AvgIpc) is 3.11. The van der Waals surface area contributed by atoms with Crippen molar-refractivity contribution >= 4 is 21.9 Å². The topological polar surface area (TPSA) is 16.4 Å². The van der Waals surface area contributed by atoms with Crippen molar-refractivity contribution in [2.75, 3.05) is 6.54 Å². The number of rotatable bonds is 1. The molecule has 4 atom stereocenters. The Labute approximate surface area is 143 Å². The van der Waals surface area contributed by atoms with Gasteiger partial charge in [0.25, 0.3) is 0 Å². The second kappa shape index (κ2) is 4.64. The zero-order valence-electron chi connectivity index (χ0n) is 15.0. The summed E-state index contributed by atoms with van der Waals surface area (Å²) in [7, 11) is 0. The molecule has 2 aliphatic rings. The maximum atomic E-state index is 6.07. The van der Waals surface area contributed by atoms with Crippen LogP contribution in [-0.2, 0) is 0 Å². The van der Waals surface area contributed by atoms with Gasteiger partial charge in [-0.2, -0.15) is 0 Å². The Morgan fingerprint density at radius 3 is 2.62 bits per heavy atom. The minimum Gasteiger partial charge on any atom is -0.456 e. The molecule has 1 aromatic heterocycles. The molecule has 2 saturated heterocycles. The van der Waals surface area contributed by atoms with Crippen LogP contribution in [0.15, 0.2) is 40.8 Å².